The van der Waals surface area contributed by atoms with Crippen LogP contribution in [0.2, 0.25) is 0 Å². The summed E-state index contributed by atoms with van der Waals surface area (Å²) >= 11 is 0. The van der Waals surface area contributed by atoms with Gasteiger partial charge in [-0.2, -0.15) is 0 Å². The van der Waals surface area contributed by atoms with Crippen molar-refractivity contribution in [2.75, 3.05) is 19.6 Å². The molecule has 2 rings (SSSR count). The first-order valence-corrected chi connectivity index (χ1v) is 5.94. The van der Waals surface area contributed by atoms with Crippen molar-refractivity contribution in [3.05, 3.63) is 35.4 Å². The number of oxime groups is 1. The fourth-order valence-corrected chi connectivity index (χ4v) is 1.84. The van der Waals surface area contributed by atoms with Crippen LogP contribution in [0.25, 0.3) is 0 Å². The Kier molecular flexibility index (Phi) is 4.12. The van der Waals surface area contributed by atoms with E-state index in [4.69, 9.17) is 10.6 Å². The first kappa shape index (κ1) is 12.1. The lowest BCUT2D eigenvalue weighted by Gasteiger charge is -2.06. The minimum absolute atomic E-state index is 0.327. The summed E-state index contributed by atoms with van der Waals surface area (Å²) in [5.41, 5.74) is 9.06. The van der Waals surface area contributed by atoms with Crippen LogP contribution in [0.15, 0.2) is 29.4 Å². The number of benzene rings is 1. The molecule has 0 aliphatic carbocycles. The van der Waals surface area contributed by atoms with Crippen molar-refractivity contribution in [2.45, 2.75) is 13.5 Å². The molecule has 1 unspecified atom stereocenters. The maximum atomic E-state index is 5.65. The van der Waals surface area contributed by atoms with E-state index in [1.54, 1.807) is 0 Å². The summed E-state index contributed by atoms with van der Waals surface area (Å²) in [6, 6.07) is 8.27. The first-order chi connectivity index (χ1) is 8.29. The molecule has 0 radical (unpaired) electrons. The van der Waals surface area contributed by atoms with Gasteiger partial charge in [0.05, 0.1) is 5.71 Å². The third kappa shape index (κ3) is 3.28. The quantitative estimate of drug-likeness (QED) is 0.764. The summed E-state index contributed by atoms with van der Waals surface area (Å²) in [7, 11) is 0. The van der Waals surface area contributed by atoms with Gasteiger partial charge in [-0.05, 0) is 12.5 Å². The molecule has 0 bridgehead atoms. The Morgan fingerprint density at radius 2 is 2.18 bits per heavy atom. The van der Waals surface area contributed by atoms with Crippen LogP contribution in [0.5, 0.6) is 0 Å². The van der Waals surface area contributed by atoms with Crippen molar-refractivity contribution in [1.82, 2.24) is 5.32 Å². The van der Waals surface area contributed by atoms with Gasteiger partial charge in [0.1, 0.15) is 6.61 Å². The minimum atomic E-state index is 0.327. The highest BCUT2D eigenvalue weighted by Gasteiger charge is 2.21. The number of nitrogens with zero attached hydrogens (tertiary/aromatic N) is 1. The van der Waals surface area contributed by atoms with Gasteiger partial charge in [-0.25, -0.2) is 0 Å². The van der Waals surface area contributed by atoms with Crippen molar-refractivity contribution in [3.8, 4) is 0 Å². The molecule has 1 aromatic carbocycles. The fraction of sp³-hybridized carbons (Fsp3) is 0.462. The topological polar surface area (TPSA) is 59.6 Å². The Balaban J connectivity index is 1.86. The first-order valence-electron chi connectivity index (χ1n) is 5.94. The molecular formula is C13H19N3O. The third-order valence-electron chi connectivity index (χ3n) is 2.99. The van der Waals surface area contributed by atoms with Crippen molar-refractivity contribution in [1.29, 1.82) is 0 Å². The molecule has 4 nitrogen and oxygen atoms in total. The second-order valence-corrected chi connectivity index (χ2v) is 4.41. The van der Waals surface area contributed by atoms with Gasteiger partial charge in [-0.15, -0.1) is 0 Å². The zero-order valence-corrected chi connectivity index (χ0v) is 10.1. The number of aryl methyl sites for hydroxylation is 1. The fourth-order valence-electron chi connectivity index (χ4n) is 1.84. The van der Waals surface area contributed by atoms with E-state index >= 15 is 0 Å². The Morgan fingerprint density at radius 1 is 1.41 bits per heavy atom. The molecule has 3 N–H and O–H groups in total. The molecule has 1 saturated heterocycles. The molecule has 0 aromatic heterocycles. The van der Waals surface area contributed by atoms with Crippen LogP contribution in [-0.4, -0.2) is 25.3 Å². The second kappa shape index (κ2) is 5.80. The van der Waals surface area contributed by atoms with E-state index in [9.17, 15) is 0 Å². The van der Waals surface area contributed by atoms with Gasteiger partial charge >= 0.3 is 0 Å². The molecule has 0 amide bonds. The van der Waals surface area contributed by atoms with Gasteiger partial charge in [-0.3, -0.25) is 0 Å². The zero-order valence-electron chi connectivity index (χ0n) is 10.1. The average molecular weight is 233 g/mol. The highest BCUT2D eigenvalue weighted by Crippen LogP contribution is 2.07. The summed E-state index contributed by atoms with van der Waals surface area (Å²) < 4.78 is 0. The maximum absolute atomic E-state index is 5.65. The summed E-state index contributed by atoms with van der Waals surface area (Å²) in [5, 5.41) is 7.41. The van der Waals surface area contributed by atoms with Crippen LogP contribution in [0, 0.1) is 12.8 Å². The lowest BCUT2D eigenvalue weighted by Crippen LogP contribution is -2.22. The molecule has 1 fully saturated rings. The van der Waals surface area contributed by atoms with E-state index in [0.29, 0.717) is 19.1 Å². The molecule has 0 spiro atoms. The van der Waals surface area contributed by atoms with Gasteiger partial charge in [-0.1, -0.05) is 35.0 Å². The lowest BCUT2D eigenvalue weighted by atomic mass is 10.1. The van der Waals surface area contributed by atoms with Crippen molar-refractivity contribution in [3.63, 3.8) is 0 Å². The molecular weight excluding hydrogens is 214 g/mol. The van der Waals surface area contributed by atoms with Gasteiger partial charge in [0.2, 0.25) is 0 Å². The Labute approximate surface area is 102 Å². The predicted octanol–water partition coefficient (Wildman–Crippen LogP) is 1.05. The van der Waals surface area contributed by atoms with Crippen LogP contribution in [0.1, 0.15) is 11.1 Å². The number of rotatable bonds is 4. The summed E-state index contributed by atoms with van der Waals surface area (Å²) in [5.74, 6) is 0.327. The third-order valence-corrected chi connectivity index (χ3v) is 2.99. The smallest absolute Gasteiger partial charge is 0.142 e. The van der Waals surface area contributed by atoms with E-state index in [-0.39, 0.29) is 0 Å². The van der Waals surface area contributed by atoms with E-state index in [1.165, 1.54) is 5.56 Å². The molecule has 1 aliphatic rings. The minimum Gasteiger partial charge on any atom is -0.391 e. The van der Waals surface area contributed by atoms with E-state index in [2.05, 4.69) is 41.7 Å². The van der Waals surface area contributed by atoms with Crippen molar-refractivity contribution < 1.29 is 4.84 Å². The number of nitrogens with one attached hydrogen (secondary N) is 1. The summed E-state index contributed by atoms with van der Waals surface area (Å²) in [4.78, 5) is 5.37. The second-order valence-electron chi connectivity index (χ2n) is 4.41. The highest BCUT2D eigenvalue weighted by atomic mass is 16.6. The van der Waals surface area contributed by atoms with Crippen LogP contribution in [0.3, 0.4) is 0 Å². The van der Waals surface area contributed by atoms with E-state index < -0.39 is 0 Å². The Bertz CT molecular complexity index is 386. The molecule has 1 aromatic rings. The molecule has 0 saturated carbocycles. The highest BCUT2D eigenvalue weighted by molar-refractivity contribution is 5.90. The molecule has 1 heterocycles. The molecule has 4 heteroatoms. The lowest BCUT2D eigenvalue weighted by molar-refractivity contribution is 0.129. The summed E-state index contributed by atoms with van der Waals surface area (Å²) in [6.07, 6.45) is 0. The average Bonchev–Trinajstić information content (AvgIpc) is 2.79. The van der Waals surface area contributed by atoms with E-state index in [1.807, 2.05) is 0 Å². The summed E-state index contributed by atoms with van der Waals surface area (Å²) in [6.45, 7) is 4.90. The van der Waals surface area contributed by atoms with Crippen LogP contribution in [0.4, 0.5) is 0 Å². The number of nitrogens with two attached hydrogens (primary N) is 1. The van der Waals surface area contributed by atoms with Crippen LogP contribution < -0.4 is 11.1 Å². The molecule has 17 heavy (non-hydrogen) atoms. The standard InChI is InChI=1S/C13H19N3O/c1-10-2-4-11(5-3-10)9-17-16-13-8-15-7-12(13)6-14/h2-5,12,15H,6-9,14H2,1H3. The van der Waals surface area contributed by atoms with Crippen LogP contribution >= 0.6 is 0 Å². The molecule has 1 aliphatic heterocycles. The van der Waals surface area contributed by atoms with Gasteiger partial charge in [0, 0.05) is 25.6 Å². The SMILES string of the molecule is Cc1ccc(CON=C2CNCC2CN)cc1. The van der Waals surface area contributed by atoms with Gasteiger partial charge in [0.15, 0.2) is 0 Å². The van der Waals surface area contributed by atoms with Crippen molar-refractivity contribution >= 4 is 5.71 Å². The van der Waals surface area contributed by atoms with Gasteiger partial charge in [0.25, 0.3) is 0 Å². The number of hydrogen-bond donors (Lipinski definition) is 2. The predicted molar refractivity (Wildman–Crippen MR) is 68.8 cm³/mol. The Morgan fingerprint density at radius 3 is 2.88 bits per heavy atom. The normalized spacial score (nSPS) is 22.0. The van der Waals surface area contributed by atoms with Crippen LogP contribution in [-0.2, 0) is 11.4 Å². The van der Waals surface area contributed by atoms with Crippen molar-refractivity contribution in [2.24, 2.45) is 16.8 Å². The molecule has 92 valence electrons. The largest absolute Gasteiger partial charge is 0.391 e. The molecule has 1 atom stereocenters. The number of hydrogen-bond acceptors (Lipinski definition) is 4. The Hall–Kier alpha value is -1.39. The monoisotopic (exact) mass is 233 g/mol. The zero-order chi connectivity index (χ0) is 12.1. The van der Waals surface area contributed by atoms with Gasteiger partial charge < -0.3 is 15.9 Å². The maximum Gasteiger partial charge on any atom is 0.142 e. The van der Waals surface area contributed by atoms with E-state index in [0.717, 1.165) is 24.4 Å².